The van der Waals surface area contributed by atoms with Gasteiger partial charge in [-0.25, -0.2) is 14.8 Å². The molecular formula is C13H16N4O2S. The fraction of sp³-hybridized carbons (Fsp3) is 0.385. The average molecular weight is 292 g/mol. The summed E-state index contributed by atoms with van der Waals surface area (Å²) in [5.74, 6) is 0.217. The van der Waals surface area contributed by atoms with Crippen LogP contribution in [0.1, 0.15) is 28.5 Å². The Labute approximate surface area is 121 Å². The van der Waals surface area contributed by atoms with Crippen LogP contribution in [-0.4, -0.2) is 32.3 Å². The van der Waals surface area contributed by atoms with Gasteiger partial charge in [0.15, 0.2) is 5.16 Å². The van der Waals surface area contributed by atoms with Gasteiger partial charge in [-0.3, -0.25) is 4.68 Å². The number of thioether (sulfide) groups is 1. The predicted octanol–water partition coefficient (Wildman–Crippen LogP) is 1.99. The Morgan fingerprint density at radius 3 is 2.70 bits per heavy atom. The Kier molecular flexibility index (Phi) is 4.73. The normalized spacial score (nSPS) is 10.6. The van der Waals surface area contributed by atoms with Gasteiger partial charge < -0.3 is 4.74 Å². The van der Waals surface area contributed by atoms with Gasteiger partial charge in [-0.1, -0.05) is 11.8 Å². The van der Waals surface area contributed by atoms with Crippen molar-refractivity contribution in [2.75, 3.05) is 6.61 Å². The molecule has 0 fully saturated rings. The number of aryl methyl sites for hydroxylation is 2. The summed E-state index contributed by atoms with van der Waals surface area (Å²) >= 11 is 1.46. The molecule has 0 aliphatic rings. The molecule has 0 N–H and O–H groups in total. The van der Waals surface area contributed by atoms with E-state index in [0.29, 0.717) is 23.1 Å². The van der Waals surface area contributed by atoms with Gasteiger partial charge in [-0.05, 0) is 19.4 Å². The third-order valence-electron chi connectivity index (χ3n) is 2.65. The lowest BCUT2D eigenvalue weighted by Crippen LogP contribution is -2.08. The highest BCUT2D eigenvalue weighted by molar-refractivity contribution is 7.98. The SMILES string of the molecule is CCOC(=O)c1cnn(C)c1CSc1ncc(C)cn1. The first kappa shape index (κ1) is 14.5. The van der Waals surface area contributed by atoms with Crippen LogP contribution in [0, 0.1) is 6.92 Å². The van der Waals surface area contributed by atoms with E-state index >= 15 is 0 Å². The first-order chi connectivity index (χ1) is 9.61. The minimum absolute atomic E-state index is 0.346. The number of carbonyl (C=O) groups excluding carboxylic acids is 1. The molecule has 0 aliphatic carbocycles. The van der Waals surface area contributed by atoms with Crippen molar-refractivity contribution in [1.29, 1.82) is 0 Å². The summed E-state index contributed by atoms with van der Waals surface area (Å²) < 4.78 is 6.69. The minimum Gasteiger partial charge on any atom is -0.462 e. The Morgan fingerprint density at radius 2 is 2.05 bits per heavy atom. The highest BCUT2D eigenvalue weighted by Gasteiger charge is 2.17. The first-order valence-corrected chi connectivity index (χ1v) is 7.19. The van der Waals surface area contributed by atoms with Crippen molar-refractivity contribution in [3.05, 3.63) is 35.4 Å². The second kappa shape index (κ2) is 6.51. The quantitative estimate of drug-likeness (QED) is 0.477. The summed E-state index contributed by atoms with van der Waals surface area (Å²) in [7, 11) is 1.80. The second-order valence-corrected chi connectivity index (χ2v) is 5.12. The Morgan fingerprint density at radius 1 is 1.35 bits per heavy atom. The molecule has 0 unspecified atom stereocenters. The maximum absolute atomic E-state index is 11.8. The zero-order chi connectivity index (χ0) is 14.5. The van der Waals surface area contributed by atoms with Crippen LogP contribution in [0.3, 0.4) is 0 Å². The van der Waals surface area contributed by atoms with Crippen LogP contribution >= 0.6 is 11.8 Å². The fourth-order valence-electron chi connectivity index (χ4n) is 1.60. The first-order valence-electron chi connectivity index (χ1n) is 6.21. The third kappa shape index (κ3) is 3.36. The van der Waals surface area contributed by atoms with Crippen molar-refractivity contribution in [2.45, 2.75) is 24.8 Å². The summed E-state index contributed by atoms with van der Waals surface area (Å²) in [5, 5.41) is 4.78. The molecule has 2 rings (SSSR count). The molecule has 0 saturated carbocycles. The van der Waals surface area contributed by atoms with Crippen LogP contribution in [0.15, 0.2) is 23.7 Å². The highest BCUT2D eigenvalue weighted by Crippen LogP contribution is 2.21. The number of ether oxygens (including phenoxy) is 1. The molecule has 0 saturated heterocycles. The van der Waals surface area contributed by atoms with E-state index in [2.05, 4.69) is 15.1 Å². The molecule has 0 radical (unpaired) electrons. The predicted molar refractivity (Wildman–Crippen MR) is 75.5 cm³/mol. The zero-order valence-electron chi connectivity index (χ0n) is 11.7. The summed E-state index contributed by atoms with van der Waals surface area (Å²) in [6, 6.07) is 0. The molecule has 106 valence electrons. The maximum Gasteiger partial charge on any atom is 0.341 e. The molecule has 0 amide bonds. The lowest BCUT2D eigenvalue weighted by Gasteiger charge is -2.05. The Balaban J connectivity index is 2.11. The van der Waals surface area contributed by atoms with E-state index in [4.69, 9.17) is 4.74 Å². The Bertz CT molecular complexity index is 595. The van der Waals surface area contributed by atoms with Gasteiger partial charge in [0.25, 0.3) is 0 Å². The molecule has 0 aliphatic heterocycles. The van der Waals surface area contributed by atoms with Gasteiger partial charge in [0, 0.05) is 25.2 Å². The van der Waals surface area contributed by atoms with Crippen molar-refractivity contribution in [2.24, 2.45) is 7.05 Å². The number of hydrogen-bond donors (Lipinski definition) is 0. The van der Waals surface area contributed by atoms with Crippen molar-refractivity contribution in [3.8, 4) is 0 Å². The van der Waals surface area contributed by atoms with Crippen LogP contribution < -0.4 is 0 Å². The smallest absolute Gasteiger partial charge is 0.341 e. The van der Waals surface area contributed by atoms with E-state index in [-0.39, 0.29) is 5.97 Å². The molecule has 2 heterocycles. The number of nitrogens with zero attached hydrogens (tertiary/aromatic N) is 4. The van der Waals surface area contributed by atoms with Gasteiger partial charge in [-0.2, -0.15) is 5.10 Å². The van der Waals surface area contributed by atoms with Crippen LogP contribution in [0.2, 0.25) is 0 Å². The van der Waals surface area contributed by atoms with Crippen molar-refractivity contribution in [3.63, 3.8) is 0 Å². The fourth-order valence-corrected chi connectivity index (χ4v) is 2.46. The molecule has 0 aromatic carbocycles. The lowest BCUT2D eigenvalue weighted by molar-refractivity contribution is 0.0525. The lowest BCUT2D eigenvalue weighted by atomic mass is 10.3. The Hall–Kier alpha value is -1.89. The highest BCUT2D eigenvalue weighted by atomic mass is 32.2. The van der Waals surface area contributed by atoms with Crippen molar-refractivity contribution >= 4 is 17.7 Å². The van der Waals surface area contributed by atoms with E-state index in [0.717, 1.165) is 11.3 Å². The van der Waals surface area contributed by atoms with E-state index in [1.165, 1.54) is 18.0 Å². The molecule has 6 nitrogen and oxygen atoms in total. The minimum atomic E-state index is -0.346. The second-order valence-electron chi connectivity index (χ2n) is 4.18. The summed E-state index contributed by atoms with van der Waals surface area (Å²) in [5.41, 5.74) is 2.31. The maximum atomic E-state index is 11.8. The van der Waals surface area contributed by atoms with Gasteiger partial charge in [-0.15, -0.1) is 0 Å². The topological polar surface area (TPSA) is 69.9 Å². The van der Waals surface area contributed by atoms with Crippen LogP contribution in [0.4, 0.5) is 0 Å². The molecule has 0 bridgehead atoms. The molecule has 0 atom stereocenters. The standard InChI is InChI=1S/C13H16N4O2S/c1-4-19-12(18)10-7-16-17(3)11(10)8-20-13-14-5-9(2)6-15-13/h5-7H,4,8H2,1-3H3. The van der Waals surface area contributed by atoms with E-state index in [1.807, 2.05) is 6.92 Å². The molecule has 7 heteroatoms. The van der Waals surface area contributed by atoms with Gasteiger partial charge >= 0.3 is 5.97 Å². The monoisotopic (exact) mass is 292 g/mol. The molecule has 0 spiro atoms. The van der Waals surface area contributed by atoms with Crippen LogP contribution in [0.25, 0.3) is 0 Å². The number of carbonyl (C=O) groups is 1. The third-order valence-corrected chi connectivity index (χ3v) is 3.54. The van der Waals surface area contributed by atoms with E-state index < -0.39 is 0 Å². The summed E-state index contributed by atoms with van der Waals surface area (Å²) in [4.78, 5) is 20.3. The summed E-state index contributed by atoms with van der Waals surface area (Å²) in [6.07, 6.45) is 5.07. The van der Waals surface area contributed by atoms with E-state index in [1.54, 1.807) is 31.0 Å². The molecule has 20 heavy (non-hydrogen) atoms. The van der Waals surface area contributed by atoms with Gasteiger partial charge in [0.05, 0.1) is 18.5 Å². The molecular weight excluding hydrogens is 276 g/mol. The number of esters is 1. The number of hydrogen-bond acceptors (Lipinski definition) is 6. The number of aromatic nitrogens is 4. The van der Waals surface area contributed by atoms with Crippen LogP contribution in [0.5, 0.6) is 0 Å². The van der Waals surface area contributed by atoms with Crippen molar-refractivity contribution in [1.82, 2.24) is 19.7 Å². The van der Waals surface area contributed by atoms with E-state index in [9.17, 15) is 4.79 Å². The van der Waals surface area contributed by atoms with Crippen molar-refractivity contribution < 1.29 is 9.53 Å². The van der Waals surface area contributed by atoms with Gasteiger partial charge in [0.2, 0.25) is 0 Å². The van der Waals surface area contributed by atoms with Crippen LogP contribution in [-0.2, 0) is 17.5 Å². The number of rotatable bonds is 5. The largest absolute Gasteiger partial charge is 0.462 e. The average Bonchev–Trinajstić information content (AvgIpc) is 2.80. The summed E-state index contributed by atoms with van der Waals surface area (Å²) in [6.45, 7) is 4.07. The zero-order valence-corrected chi connectivity index (χ0v) is 12.5. The molecule has 2 aromatic heterocycles. The molecule has 2 aromatic rings. The van der Waals surface area contributed by atoms with Gasteiger partial charge in [0.1, 0.15) is 5.56 Å².